The van der Waals surface area contributed by atoms with E-state index in [2.05, 4.69) is 13.2 Å². The highest BCUT2D eigenvalue weighted by molar-refractivity contribution is 5.97. The Bertz CT molecular complexity index is 601. The van der Waals surface area contributed by atoms with E-state index in [1.165, 1.54) is 0 Å². The molecule has 0 spiro atoms. The maximum atomic E-state index is 12.9. The Morgan fingerprint density at radius 1 is 1.26 bits per heavy atom. The number of carbonyl (C=O) groups excluding carboxylic acids is 1. The Morgan fingerprint density at radius 3 is 2.35 bits per heavy atom. The minimum atomic E-state index is -0.217. The number of carbonyl (C=O) groups is 1. The van der Waals surface area contributed by atoms with Crippen molar-refractivity contribution in [2.24, 2.45) is 0 Å². The van der Waals surface area contributed by atoms with Crippen molar-refractivity contribution < 1.29 is 14.3 Å². The molecule has 0 N–H and O–H groups in total. The zero-order valence-electron chi connectivity index (χ0n) is 14.2. The van der Waals surface area contributed by atoms with Gasteiger partial charge in [-0.05, 0) is 32.9 Å². The van der Waals surface area contributed by atoms with Crippen molar-refractivity contribution in [3.63, 3.8) is 0 Å². The van der Waals surface area contributed by atoms with Crippen LogP contribution in [0.25, 0.3) is 0 Å². The van der Waals surface area contributed by atoms with E-state index in [0.29, 0.717) is 37.6 Å². The standard InChI is InChI=1S/C19H25NO3/c1-14(2)10-20(11-15(3)4)18(21)16-8-6-7-9-17(16)22-12-19(5)13-23-19/h6-9H,1,3,10-13H2,2,4-5H3. The Hall–Kier alpha value is -2.07. The molecule has 1 aromatic rings. The van der Waals surface area contributed by atoms with Crippen LogP contribution in [0, 0.1) is 0 Å². The molecule has 0 aromatic heterocycles. The average Bonchev–Trinajstić information content (AvgIpc) is 3.21. The van der Waals surface area contributed by atoms with Crippen molar-refractivity contribution in [2.45, 2.75) is 26.4 Å². The van der Waals surface area contributed by atoms with Gasteiger partial charge >= 0.3 is 0 Å². The Morgan fingerprint density at radius 2 is 1.83 bits per heavy atom. The van der Waals surface area contributed by atoms with Crippen LogP contribution in [0.3, 0.4) is 0 Å². The van der Waals surface area contributed by atoms with Crippen LogP contribution < -0.4 is 4.74 Å². The molecule has 0 radical (unpaired) electrons. The van der Waals surface area contributed by atoms with Gasteiger partial charge in [0.2, 0.25) is 0 Å². The van der Waals surface area contributed by atoms with E-state index in [4.69, 9.17) is 9.47 Å². The molecule has 4 heteroatoms. The molecule has 0 saturated carbocycles. The monoisotopic (exact) mass is 315 g/mol. The smallest absolute Gasteiger partial charge is 0.258 e. The Kier molecular flexibility index (Phi) is 5.26. The van der Waals surface area contributed by atoms with E-state index >= 15 is 0 Å². The van der Waals surface area contributed by atoms with E-state index < -0.39 is 0 Å². The second-order valence-corrected chi connectivity index (χ2v) is 6.60. The molecule has 1 aromatic carbocycles. The number of benzene rings is 1. The molecule has 1 aliphatic rings. The summed E-state index contributed by atoms with van der Waals surface area (Å²) < 4.78 is 11.2. The fourth-order valence-electron chi connectivity index (χ4n) is 2.23. The summed E-state index contributed by atoms with van der Waals surface area (Å²) in [4.78, 5) is 14.6. The summed E-state index contributed by atoms with van der Waals surface area (Å²) in [6, 6.07) is 7.31. The van der Waals surface area contributed by atoms with Crippen LogP contribution >= 0.6 is 0 Å². The normalized spacial score (nSPS) is 19.1. The number of rotatable bonds is 8. The Balaban J connectivity index is 2.18. The maximum absolute atomic E-state index is 12.9. The summed E-state index contributed by atoms with van der Waals surface area (Å²) in [5.74, 6) is 0.510. The fraction of sp³-hybridized carbons (Fsp3) is 0.421. The zero-order chi connectivity index (χ0) is 17.0. The van der Waals surface area contributed by atoms with E-state index in [9.17, 15) is 4.79 Å². The molecule has 124 valence electrons. The first-order valence-electron chi connectivity index (χ1n) is 7.74. The third-order valence-electron chi connectivity index (χ3n) is 3.50. The molecule has 23 heavy (non-hydrogen) atoms. The molecule has 0 bridgehead atoms. The summed E-state index contributed by atoms with van der Waals surface area (Å²) in [5, 5.41) is 0. The number of para-hydroxylation sites is 1. The van der Waals surface area contributed by atoms with Crippen molar-refractivity contribution in [1.82, 2.24) is 4.90 Å². The lowest BCUT2D eigenvalue weighted by molar-refractivity contribution is 0.0777. The highest BCUT2D eigenvalue weighted by atomic mass is 16.6. The molecule has 1 heterocycles. The van der Waals surface area contributed by atoms with E-state index in [1.54, 1.807) is 11.0 Å². The SMILES string of the molecule is C=C(C)CN(CC(=C)C)C(=O)c1ccccc1OCC1(C)CO1. The third kappa shape index (κ3) is 4.96. The first-order valence-corrected chi connectivity index (χ1v) is 7.74. The summed E-state index contributed by atoms with van der Waals surface area (Å²) in [6.45, 7) is 15.8. The molecule has 4 nitrogen and oxygen atoms in total. The van der Waals surface area contributed by atoms with E-state index in [-0.39, 0.29) is 11.5 Å². The summed E-state index contributed by atoms with van der Waals surface area (Å²) in [7, 11) is 0. The van der Waals surface area contributed by atoms with Crippen LogP contribution in [0.1, 0.15) is 31.1 Å². The van der Waals surface area contributed by atoms with Gasteiger partial charge in [0.15, 0.2) is 0 Å². The van der Waals surface area contributed by atoms with Crippen molar-refractivity contribution in [1.29, 1.82) is 0 Å². The van der Waals surface area contributed by atoms with Gasteiger partial charge in [0, 0.05) is 13.1 Å². The molecule has 1 atom stereocenters. The van der Waals surface area contributed by atoms with E-state index in [0.717, 1.165) is 11.1 Å². The second kappa shape index (κ2) is 7.01. The molecule has 1 fully saturated rings. The summed E-state index contributed by atoms with van der Waals surface area (Å²) in [5.41, 5.74) is 2.19. The number of hydrogen-bond donors (Lipinski definition) is 0. The summed E-state index contributed by atoms with van der Waals surface area (Å²) in [6.07, 6.45) is 0. The molecular formula is C19H25NO3. The predicted molar refractivity (Wildman–Crippen MR) is 91.8 cm³/mol. The molecule has 1 aliphatic heterocycles. The van der Waals surface area contributed by atoms with Crippen molar-refractivity contribution in [3.8, 4) is 5.75 Å². The van der Waals surface area contributed by atoms with Gasteiger partial charge < -0.3 is 14.4 Å². The number of amides is 1. The quantitative estimate of drug-likeness (QED) is 0.545. The molecule has 1 unspecified atom stereocenters. The van der Waals surface area contributed by atoms with Crippen LogP contribution in [0.15, 0.2) is 48.6 Å². The minimum absolute atomic E-state index is 0.0755. The lowest BCUT2D eigenvalue weighted by atomic mass is 10.1. The number of hydrogen-bond acceptors (Lipinski definition) is 3. The van der Waals surface area contributed by atoms with Gasteiger partial charge in [-0.3, -0.25) is 4.79 Å². The van der Waals surface area contributed by atoms with Crippen LogP contribution in [0.5, 0.6) is 5.75 Å². The Labute approximate surface area is 138 Å². The van der Waals surface area contributed by atoms with Gasteiger partial charge in [-0.2, -0.15) is 0 Å². The first-order chi connectivity index (χ1) is 10.8. The van der Waals surface area contributed by atoms with Crippen molar-refractivity contribution in [3.05, 3.63) is 54.1 Å². The van der Waals surface area contributed by atoms with Gasteiger partial charge in [0.05, 0.1) is 12.2 Å². The average molecular weight is 315 g/mol. The highest BCUT2D eigenvalue weighted by Gasteiger charge is 2.40. The molecule has 1 amide bonds. The lowest BCUT2D eigenvalue weighted by Gasteiger charge is -2.24. The van der Waals surface area contributed by atoms with Gasteiger partial charge in [-0.25, -0.2) is 0 Å². The molecular weight excluding hydrogens is 290 g/mol. The molecule has 1 saturated heterocycles. The zero-order valence-corrected chi connectivity index (χ0v) is 14.2. The minimum Gasteiger partial charge on any atom is -0.490 e. The summed E-state index contributed by atoms with van der Waals surface area (Å²) >= 11 is 0. The van der Waals surface area contributed by atoms with Crippen LogP contribution in [0.4, 0.5) is 0 Å². The molecule has 0 aliphatic carbocycles. The second-order valence-electron chi connectivity index (χ2n) is 6.60. The highest BCUT2D eigenvalue weighted by Crippen LogP contribution is 2.28. The third-order valence-corrected chi connectivity index (χ3v) is 3.50. The van der Waals surface area contributed by atoms with Crippen molar-refractivity contribution in [2.75, 3.05) is 26.3 Å². The lowest BCUT2D eigenvalue weighted by Crippen LogP contribution is -2.34. The number of epoxide rings is 1. The largest absolute Gasteiger partial charge is 0.490 e. The maximum Gasteiger partial charge on any atom is 0.258 e. The van der Waals surface area contributed by atoms with Gasteiger partial charge in [-0.1, -0.05) is 36.4 Å². The van der Waals surface area contributed by atoms with Gasteiger partial charge in [0.1, 0.15) is 18.0 Å². The van der Waals surface area contributed by atoms with Crippen LogP contribution in [-0.4, -0.2) is 42.7 Å². The first kappa shape index (κ1) is 17.3. The predicted octanol–water partition coefficient (Wildman–Crippen LogP) is 3.45. The number of nitrogens with zero attached hydrogens (tertiary/aromatic N) is 1. The fourth-order valence-corrected chi connectivity index (χ4v) is 2.23. The number of ether oxygens (including phenoxy) is 2. The van der Waals surface area contributed by atoms with E-state index in [1.807, 2.05) is 39.0 Å². The molecule has 2 rings (SSSR count). The van der Waals surface area contributed by atoms with Crippen LogP contribution in [0.2, 0.25) is 0 Å². The van der Waals surface area contributed by atoms with Crippen molar-refractivity contribution >= 4 is 5.91 Å². The van der Waals surface area contributed by atoms with Gasteiger partial charge in [0.25, 0.3) is 5.91 Å². The van der Waals surface area contributed by atoms with Crippen LogP contribution in [-0.2, 0) is 4.74 Å². The topological polar surface area (TPSA) is 42.1 Å². The van der Waals surface area contributed by atoms with Gasteiger partial charge in [-0.15, -0.1) is 0 Å².